The van der Waals surface area contributed by atoms with Crippen LogP contribution in [0, 0.1) is 6.92 Å². The molecular formula is C18H24N6O2. The molecule has 0 spiro atoms. The van der Waals surface area contributed by atoms with Crippen LogP contribution in [-0.2, 0) is 4.74 Å². The van der Waals surface area contributed by atoms with Crippen LogP contribution in [-0.4, -0.2) is 60.3 Å². The van der Waals surface area contributed by atoms with E-state index < -0.39 is 0 Å². The molecule has 2 aromatic rings. The van der Waals surface area contributed by atoms with Gasteiger partial charge in [0.05, 0.1) is 24.3 Å². The largest absolute Gasteiger partial charge is 0.379 e. The zero-order chi connectivity index (χ0) is 18.5. The van der Waals surface area contributed by atoms with E-state index in [1.54, 1.807) is 18.5 Å². The molecule has 2 atom stereocenters. The number of anilines is 2. The predicted octanol–water partition coefficient (Wildman–Crippen LogP) is 1.25. The van der Waals surface area contributed by atoms with Gasteiger partial charge in [-0.1, -0.05) is 0 Å². The molecule has 1 amide bonds. The van der Waals surface area contributed by atoms with Gasteiger partial charge >= 0.3 is 0 Å². The van der Waals surface area contributed by atoms with Gasteiger partial charge in [-0.2, -0.15) is 0 Å². The summed E-state index contributed by atoms with van der Waals surface area (Å²) in [6.07, 6.45) is 4.04. The van der Waals surface area contributed by atoms with Crippen molar-refractivity contribution in [1.29, 1.82) is 0 Å². The molecule has 8 heteroatoms. The van der Waals surface area contributed by atoms with E-state index in [1.165, 1.54) is 0 Å². The van der Waals surface area contributed by atoms with Gasteiger partial charge < -0.3 is 20.3 Å². The average Bonchev–Trinajstić information content (AvgIpc) is 2.63. The lowest BCUT2D eigenvalue weighted by molar-refractivity contribution is 0.0620. The number of rotatable bonds is 5. The zero-order valence-corrected chi connectivity index (χ0v) is 15.3. The van der Waals surface area contributed by atoms with E-state index in [-0.39, 0.29) is 18.0 Å². The molecule has 3 heterocycles. The first-order valence-corrected chi connectivity index (χ1v) is 8.61. The molecule has 0 radical (unpaired) electrons. The summed E-state index contributed by atoms with van der Waals surface area (Å²) in [6, 6.07) is 5.31. The molecule has 0 aliphatic carbocycles. The zero-order valence-electron chi connectivity index (χ0n) is 15.3. The number of aromatic nitrogens is 3. The third-order valence-electron chi connectivity index (χ3n) is 4.25. The van der Waals surface area contributed by atoms with E-state index in [1.807, 2.05) is 38.1 Å². The second kappa shape index (κ2) is 8.09. The highest BCUT2D eigenvalue weighted by Gasteiger charge is 2.28. The Morgan fingerprint density at radius 2 is 2.08 bits per heavy atom. The molecule has 1 aliphatic rings. The number of amides is 1. The van der Waals surface area contributed by atoms with Gasteiger partial charge in [0.2, 0.25) is 0 Å². The maximum absolute atomic E-state index is 12.6. The molecule has 138 valence electrons. The first-order chi connectivity index (χ1) is 12.5. The Morgan fingerprint density at radius 3 is 2.77 bits per heavy atom. The van der Waals surface area contributed by atoms with Gasteiger partial charge in [0.25, 0.3) is 5.91 Å². The maximum atomic E-state index is 12.6. The molecule has 2 N–H and O–H groups in total. The Kier molecular flexibility index (Phi) is 5.62. The highest BCUT2D eigenvalue weighted by Crippen LogP contribution is 2.15. The summed E-state index contributed by atoms with van der Waals surface area (Å²) in [4.78, 5) is 27.2. The second-order valence-corrected chi connectivity index (χ2v) is 6.48. The fourth-order valence-corrected chi connectivity index (χ4v) is 2.82. The Bertz CT molecular complexity index is 750. The van der Waals surface area contributed by atoms with Gasteiger partial charge in [-0.25, -0.2) is 15.0 Å². The standard InChI is InChI=1S/C18H24N6O2/c1-12-19-8-6-16(21-12)22-15-11-26-9-7-14(15)23-18(25)13-4-5-17(20-10-13)24(2)3/h4-6,8,10,14-15H,7,9,11H2,1-3H3,(H,23,25)(H,19,21,22)/t14-,15+/m0/s1. The third-order valence-corrected chi connectivity index (χ3v) is 4.25. The fraction of sp³-hybridized carbons (Fsp3) is 0.444. The number of nitrogens with zero attached hydrogens (tertiary/aromatic N) is 4. The summed E-state index contributed by atoms with van der Waals surface area (Å²) in [5, 5.41) is 6.43. The Hall–Kier alpha value is -2.74. The maximum Gasteiger partial charge on any atom is 0.253 e. The van der Waals surface area contributed by atoms with Gasteiger partial charge in [0.1, 0.15) is 17.5 Å². The van der Waals surface area contributed by atoms with Gasteiger partial charge in [-0.3, -0.25) is 4.79 Å². The summed E-state index contributed by atoms with van der Waals surface area (Å²) in [5.41, 5.74) is 0.540. The number of carbonyl (C=O) groups is 1. The number of nitrogens with one attached hydrogen (secondary N) is 2. The molecule has 0 unspecified atom stereocenters. The molecule has 26 heavy (non-hydrogen) atoms. The number of aryl methyl sites for hydroxylation is 1. The average molecular weight is 356 g/mol. The van der Waals surface area contributed by atoms with Crippen molar-refractivity contribution in [2.75, 3.05) is 37.5 Å². The minimum absolute atomic E-state index is 0.0555. The van der Waals surface area contributed by atoms with Crippen LogP contribution >= 0.6 is 0 Å². The van der Waals surface area contributed by atoms with Crippen molar-refractivity contribution in [3.63, 3.8) is 0 Å². The normalized spacial score (nSPS) is 19.7. The second-order valence-electron chi connectivity index (χ2n) is 6.48. The van der Waals surface area contributed by atoms with Crippen LogP contribution in [0.2, 0.25) is 0 Å². The topological polar surface area (TPSA) is 92.3 Å². The van der Waals surface area contributed by atoms with E-state index in [4.69, 9.17) is 4.74 Å². The lowest BCUT2D eigenvalue weighted by atomic mass is 10.0. The van der Waals surface area contributed by atoms with Gasteiger partial charge in [-0.15, -0.1) is 0 Å². The summed E-state index contributed by atoms with van der Waals surface area (Å²) in [5.74, 6) is 2.09. The molecule has 1 aliphatic heterocycles. The van der Waals surface area contributed by atoms with Crippen LogP contribution in [0.4, 0.5) is 11.6 Å². The quantitative estimate of drug-likeness (QED) is 0.833. The van der Waals surface area contributed by atoms with Crippen molar-refractivity contribution in [3.05, 3.63) is 42.0 Å². The van der Waals surface area contributed by atoms with Crippen molar-refractivity contribution in [2.45, 2.75) is 25.4 Å². The molecule has 0 bridgehead atoms. The van der Waals surface area contributed by atoms with Gasteiger partial charge in [0.15, 0.2) is 0 Å². The first-order valence-electron chi connectivity index (χ1n) is 8.61. The predicted molar refractivity (Wildman–Crippen MR) is 99.4 cm³/mol. The van der Waals surface area contributed by atoms with E-state index in [9.17, 15) is 4.79 Å². The van der Waals surface area contributed by atoms with E-state index in [0.717, 1.165) is 18.1 Å². The summed E-state index contributed by atoms with van der Waals surface area (Å²) in [7, 11) is 3.82. The summed E-state index contributed by atoms with van der Waals surface area (Å²) >= 11 is 0. The van der Waals surface area contributed by atoms with Crippen molar-refractivity contribution in [1.82, 2.24) is 20.3 Å². The van der Waals surface area contributed by atoms with E-state index in [0.29, 0.717) is 24.6 Å². The molecule has 0 saturated carbocycles. The summed E-state index contributed by atoms with van der Waals surface area (Å²) < 4.78 is 5.57. The molecular weight excluding hydrogens is 332 g/mol. The van der Waals surface area contributed by atoms with Crippen LogP contribution in [0.1, 0.15) is 22.6 Å². The molecule has 1 saturated heterocycles. The lowest BCUT2D eigenvalue weighted by Gasteiger charge is -2.33. The Labute approximate surface area is 153 Å². The first kappa shape index (κ1) is 18.1. The monoisotopic (exact) mass is 356 g/mol. The molecule has 8 nitrogen and oxygen atoms in total. The number of ether oxygens (including phenoxy) is 1. The van der Waals surface area contributed by atoms with Crippen LogP contribution in [0.25, 0.3) is 0 Å². The number of carbonyl (C=O) groups excluding carboxylic acids is 1. The molecule has 3 rings (SSSR count). The van der Waals surface area contributed by atoms with Crippen molar-refractivity contribution >= 4 is 17.5 Å². The highest BCUT2D eigenvalue weighted by molar-refractivity contribution is 5.94. The molecule has 1 fully saturated rings. The van der Waals surface area contributed by atoms with Gasteiger partial charge in [0, 0.05) is 33.1 Å². The van der Waals surface area contributed by atoms with Crippen molar-refractivity contribution in [2.24, 2.45) is 0 Å². The van der Waals surface area contributed by atoms with Crippen LogP contribution in [0.15, 0.2) is 30.6 Å². The Balaban J connectivity index is 1.66. The molecule has 0 aromatic carbocycles. The third kappa shape index (κ3) is 4.45. The number of pyridine rings is 1. The minimum atomic E-state index is -0.139. The Morgan fingerprint density at radius 1 is 1.23 bits per heavy atom. The molecule has 2 aromatic heterocycles. The lowest BCUT2D eigenvalue weighted by Crippen LogP contribution is -2.52. The van der Waals surface area contributed by atoms with Crippen LogP contribution in [0.3, 0.4) is 0 Å². The van der Waals surface area contributed by atoms with Crippen molar-refractivity contribution in [3.8, 4) is 0 Å². The number of hydrogen-bond donors (Lipinski definition) is 2. The summed E-state index contributed by atoms with van der Waals surface area (Å²) in [6.45, 7) is 2.96. The van der Waals surface area contributed by atoms with Crippen LogP contribution < -0.4 is 15.5 Å². The highest BCUT2D eigenvalue weighted by atomic mass is 16.5. The minimum Gasteiger partial charge on any atom is -0.379 e. The van der Waals surface area contributed by atoms with Crippen molar-refractivity contribution < 1.29 is 9.53 Å². The van der Waals surface area contributed by atoms with E-state index in [2.05, 4.69) is 25.6 Å². The SMILES string of the molecule is Cc1nccc(N[C@@H]2COCC[C@@H]2NC(=O)c2ccc(N(C)C)nc2)n1. The fourth-order valence-electron chi connectivity index (χ4n) is 2.82. The van der Waals surface area contributed by atoms with E-state index >= 15 is 0 Å². The van der Waals surface area contributed by atoms with Gasteiger partial charge in [-0.05, 0) is 31.5 Å². The van der Waals surface area contributed by atoms with Crippen LogP contribution in [0.5, 0.6) is 0 Å². The number of hydrogen-bond acceptors (Lipinski definition) is 7. The smallest absolute Gasteiger partial charge is 0.253 e.